The first-order valence-corrected chi connectivity index (χ1v) is 6.11. The van der Waals surface area contributed by atoms with Gasteiger partial charge in [-0.25, -0.2) is 0 Å². The van der Waals surface area contributed by atoms with Gasteiger partial charge >= 0.3 is 0 Å². The van der Waals surface area contributed by atoms with E-state index in [4.69, 9.17) is 9.47 Å². The van der Waals surface area contributed by atoms with Crippen molar-refractivity contribution in [3.8, 4) is 11.5 Å². The molecule has 0 N–H and O–H groups in total. The van der Waals surface area contributed by atoms with Crippen LogP contribution in [0.4, 0.5) is 0 Å². The van der Waals surface area contributed by atoms with Crippen LogP contribution in [0.2, 0.25) is 0 Å². The second-order valence-corrected chi connectivity index (χ2v) is 5.10. The highest BCUT2D eigenvalue weighted by Gasteiger charge is 2.09. The molecule has 0 aliphatic rings. The first-order valence-electron chi connectivity index (χ1n) is 4.24. The van der Waals surface area contributed by atoms with Crippen molar-refractivity contribution >= 4 is 38.5 Å². The molecular formula is C10H12BrIO2. The summed E-state index contributed by atoms with van der Waals surface area (Å²) >= 11 is 5.69. The predicted molar refractivity (Wildman–Crippen MR) is 69.2 cm³/mol. The molecule has 1 rings (SSSR count). The Hall–Kier alpha value is 0.0300. The van der Waals surface area contributed by atoms with Crippen LogP contribution >= 0.6 is 38.5 Å². The summed E-state index contributed by atoms with van der Waals surface area (Å²) in [6.07, 6.45) is 0.154. The third-order valence-corrected chi connectivity index (χ3v) is 3.86. The highest BCUT2D eigenvalue weighted by atomic mass is 127. The Morgan fingerprint density at radius 1 is 1.29 bits per heavy atom. The van der Waals surface area contributed by atoms with E-state index >= 15 is 0 Å². The summed E-state index contributed by atoms with van der Waals surface area (Å²) in [7, 11) is 1.64. The molecule has 0 fully saturated rings. The fourth-order valence-electron chi connectivity index (χ4n) is 1.02. The van der Waals surface area contributed by atoms with E-state index in [2.05, 4.69) is 38.5 Å². The van der Waals surface area contributed by atoms with E-state index in [1.807, 2.05) is 26.0 Å². The number of rotatable bonds is 3. The monoisotopic (exact) mass is 370 g/mol. The zero-order valence-electron chi connectivity index (χ0n) is 8.30. The van der Waals surface area contributed by atoms with Crippen molar-refractivity contribution < 1.29 is 9.47 Å². The lowest BCUT2D eigenvalue weighted by atomic mass is 10.3. The molecule has 0 amide bonds. The Kier molecular flexibility index (Phi) is 4.50. The Labute approximate surface area is 106 Å². The van der Waals surface area contributed by atoms with Crippen LogP contribution in [-0.4, -0.2) is 13.2 Å². The Morgan fingerprint density at radius 3 is 2.43 bits per heavy atom. The molecule has 0 heterocycles. The minimum Gasteiger partial charge on any atom is -0.493 e. The molecule has 0 aromatic heterocycles. The van der Waals surface area contributed by atoms with E-state index < -0.39 is 0 Å². The molecule has 0 aliphatic carbocycles. The zero-order valence-corrected chi connectivity index (χ0v) is 12.0. The lowest BCUT2D eigenvalue weighted by molar-refractivity contribution is 0.230. The van der Waals surface area contributed by atoms with Gasteiger partial charge in [0, 0.05) is 8.04 Å². The van der Waals surface area contributed by atoms with Crippen LogP contribution in [0.3, 0.4) is 0 Å². The van der Waals surface area contributed by atoms with E-state index in [-0.39, 0.29) is 6.10 Å². The maximum Gasteiger partial charge on any atom is 0.162 e. The van der Waals surface area contributed by atoms with Crippen LogP contribution in [0.25, 0.3) is 0 Å². The van der Waals surface area contributed by atoms with Gasteiger partial charge in [0.1, 0.15) is 0 Å². The van der Waals surface area contributed by atoms with Gasteiger partial charge in [0.2, 0.25) is 0 Å². The van der Waals surface area contributed by atoms with E-state index in [1.165, 1.54) is 0 Å². The van der Waals surface area contributed by atoms with Crippen LogP contribution in [-0.2, 0) is 0 Å². The molecule has 0 spiro atoms. The molecule has 1 aromatic rings. The molecule has 2 nitrogen and oxygen atoms in total. The molecule has 4 heteroatoms. The van der Waals surface area contributed by atoms with Crippen molar-refractivity contribution in [1.29, 1.82) is 0 Å². The molecule has 0 radical (unpaired) electrons. The molecule has 14 heavy (non-hydrogen) atoms. The van der Waals surface area contributed by atoms with Crippen molar-refractivity contribution in [2.24, 2.45) is 0 Å². The second-order valence-electron chi connectivity index (χ2n) is 3.08. The number of methoxy groups -OCH3 is 1. The molecule has 0 aliphatic heterocycles. The maximum absolute atomic E-state index is 5.62. The van der Waals surface area contributed by atoms with E-state index in [9.17, 15) is 0 Å². The van der Waals surface area contributed by atoms with Gasteiger partial charge in [0.05, 0.1) is 13.2 Å². The van der Waals surface area contributed by atoms with Crippen molar-refractivity contribution in [2.45, 2.75) is 20.0 Å². The number of benzene rings is 1. The van der Waals surface area contributed by atoms with Gasteiger partial charge < -0.3 is 9.47 Å². The standard InChI is InChI=1S/C10H12BrIO2/c1-6(2)14-10-5-8(12)7(11)4-9(10)13-3/h4-6H,1-3H3. The van der Waals surface area contributed by atoms with E-state index in [1.54, 1.807) is 7.11 Å². The molecule has 0 saturated heterocycles. The van der Waals surface area contributed by atoms with Crippen molar-refractivity contribution in [2.75, 3.05) is 7.11 Å². The fourth-order valence-corrected chi connectivity index (χ4v) is 1.78. The maximum atomic E-state index is 5.62. The summed E-state index contributed by atoms with van der Waals surface area (Å²) in [5.74, 6) is 1.54. The lowest BCUT2D eigenvalue weighted by Crippen LogP contribution is -2.06. The average Bonchev–Trinajstić information content (AvgIpc) is 2.10. The summed E-state index contributed by atoms with van der Waals surface area (Å²) in [6, 6.07) is 3.88. The molecule has 0 unspecified atom stereocenters. The van der Waals surface area contributed by atoms with E-state index in [0.717, 1.165) is 19.5 Å². The van der Waals surface area contributed by atoms with Crippen molar-refractivity contribution in [3.63, 3.8) is 0 Å². The SMILES string of the molecule is COc1cc(Br)c(I)cc1OC(C)C. The zero-order chi connectivity index (χ0) is 10.7. The third kappa shape index (κ3) is 3.02. The summed E-state index contributed by atoms with van der Waals surface area (Å²) in [5, 5.41) is 0. The fraction of sp³-hybridized carbons (Fsp3) is 0.400. The van der Waals surface area contributed by atoms with Crippen molar-refractivity contribution in [3.05, 3.63) is 20.2 Å². The predicted octanol–water partition coefficient (Wildman–Crippen LogP) is 3.85. The van der Waals surface area contributed by atoms with Gasteiger partial charge in [-0.3, -0.25) is 0 Å². The van der Waals surface area contributed by atoms with Gasteiger partial charge in [-0.2, -0.15) is 0 Å². The minimum atomic E-state index is 0.154. The van der Waals surface area contributed by atoms with Crippen LogP contribution < -0.4 is 9.47 Å². The van der Waals surface area contributed by atoms with Gasteiger partial charge in [-0.15, -0.1) is 0 Å². The average molecular weight is 371 g/mol. The Bertz CT molecular complexity index is 326. The first kappa shape index (κ1) is 12.1. The first-order chi connectivity index (χ1) is 6.54. The number of hydrogen-bond donors (Lipinski definition) is 0. The van der Waals surface area contributed by atoms with Crippen LogP contribution in [0, 0.1) is 3.57 Å². The normalized spacial score (nSPS) is 10.4. The number of hydrogen-bond acceptors (Lipinski definition) is 2. The summed E-state index contributed by atoms with van der Waals surface area (Å²) in [4.78, 5) is 0. The Morgan fingerprint density at radius 2 is 1.93 bits per heavy atom. The summed E-state index contributed by atoms with van der Waals surface area (Å²) in [5.41, 5.74) is 0. The lowest BCUT2D eigenvalue weighted by Gasteiger charge is -2.14. The third-order valence-electron chi connectivity index (χ3n) is 1.57. The molecule has 0 bridgehead atoms. The van der Waals surface area contributed by atoms with Crippen LogP contribution in [0.1, 0.15) is 13.8 Å². The smallest absolute Gasteiger partial charge is 0.162 e. The van der Waals surface area contributed by atoms with Gasteiger partial charge in [0.25, 0.3) is 0 Å². The largest absolute Gasteiger partial charge is 0.493 e. The molecule has 0 atom stereocenters. The summed E-state index contributed by atoms with van der Waals surface area (Å²) in [6.45, 7) is 3.99. The number of ether oxygens (including phenoxy) is 2. The summed E-state index contributed by atoms with van der Waals surface area (Å²) < 4.78 is 13.0. The quantitative estimate of drug-likeness (QED) is 0.752. The number of halogens is 2. The van der Waals surface area contributed by atoms with Crippen LogP contribution in [0.5, 0.6) is 11.5 Å². The highest BCUT2D eigenvalue weighted by Crippen LogP contribution is 2.34. The van der Waals surface area contributed by atoms with Gasteiger partial charge in [-0.1, -0.05) is 0 Å². The van der Waals surface area contributed by atoms with Gasteiger partial charge in [-0.05, 0) is 64.5 Å². The minimum absolute atomic E-state index is 0.154. The Balaban J connectivity index is 3.07. The van der Waals surface area contributed by atoms with Gasteiger partial charge in [0.15, 0.2) is 11.5 Å². The molecular weight excluding hydrogens is 359 g/mol. The van der Waals surface area contributed by atoms with E-state index in [0.29, 0.717) is 0 Å². The molecule has 78 valence electrons. The molecule has 1 aromatic carbocycles. The van der Waals surface area contributed by atoms with Crippen LogP contribution in [0.15, 0.2) is 16.6 Å². The highest BCUT2D eigenvalue weighted by molar-refractivity contribution is 14.1. The second kappa shape index (κ2) is 5.21. The van der Waals surface area contributed by atoms with Crippen molar-refractivity contribution in [1.82, 2.24) is 0 Å². The topological polar surface area (TPSA) is 18.5 Å². The molecule has 0 saturated carbocycles.